The monoisotopic (exact) mass is 327 g/mol. The quantitative estimate of drug-likeness (QED) is 0.881. The van der Waals surface area contributed by atoms with Crippen molar-refractivity contribution in [1.82, 2.24) is 15.2 Å². The van der Waals surface area contributed by atoms with Crippen molar-refractivity contribution in [2.75, 3.05) is 20.1 Å². The maximum Gasteiger partial charge on any atom is 0.123 e. The first-order chi connectivity index (χ1) is 11.6. The largest absolute Gasteiger partial charge is 0.314 e. The normalized spacial score (nSPS) is 22.6. The lowest BCUT2D eigenvalue weighted by Crippen LogP contribution is -2.35. The molecule has 1 aliphatic rings. The number of nitrogens with one attached hydrogen (secondary N) is 1. The summed E-state index contributed by atoms with van der Waals surface area (Å²) >= 11 is 0. The highest BCUT2D eigenvalue weighted by Crippen LogP contribution is 2.35. The molecule has 128 valence electrons. The summed E-state index contributed by atoms with van der Waals surface area (Å²) in [4.78, 5) is 6.70. The van der Waals surface area contributed by atoms with Gasteiger partial charge in [-0.2, -0.15) is 0 Å². The molecule has 1 saturated heterocycles. The van der Waals surface area contributed by atoms with E-state index in [0.717, 1.165) is 19.5 Å². The van der Waals surface area contributed by atoms with Crippen LogP contribution >= 0.6 is 0 Å². The number of hydrogen-bond donors (Lipinski definition) is 1. The summed E-state index contributed by atoms with van der Waals surface area (Å²) in [7, 11) is 2.19. The van der Waals surface area contributed by atoms with E-state index in [1.807, 2.05) is 30.6 Å². The molecule has 0 bridgehead atoms. The zero-order valence-electron chi connectivity index (χ0n) is 14.5. The molecule has 1 N–H and O–H groups in total. The summed E-state index contributed by atoms with van der Waals surface area (Å²) in [6.45, 7) is 4.31. The minimum atomic E-state index is -0.173. The molecule has 3 rings (SSSR count). The van der Waals surface area contributed by atoms with Gasteiger partial charge in [0.25, 0.3) is 0 Å². The lowest BCUT2D eigenvalue weighted by Gasteiger charge is -2.26. The van der Waals surface area contributed by atoms with Crippen LogP contribution in [0.25, 0.3) is 0 Å². The van der Waals surface area contributed by atoms with Gasteiger partial charge in [-0.15, -0.1) is 0 Å². The number of halogens is 1. The van der Waals surface area contributed by atoms with Crippen LogP contribution < -0.4 is 5.32 Å². The molecule has 1 aliphatic heterocycles. The Morgan fingerprint density at radius 1 is 1.29 bits per heavy atom. The second kappa shape index (κ2) is 7.86. The Kier molecular flexibility index (Phi) is 5.59. The van der Waals surface area contributed by atoms with E-state index in [-0.39, 0.29) is 5.82 Å². The number of hydrogen-bond acceptors (Lipinski definition) is 3. The third-order valence-electron chi connectivity index (χ3n) is 4.98. The van der Waals surface area contributed by atoms with Crippen LogP contribution in [0.2, 0.25) is 0 Å². The fraction of sp³-hybridized carbons (Fsp3) is 0.450. The van der Waals surface area contributed by atoms with Crippen LogP contribution in [0, 0.1) is 11.7 Å². The van der Waals surface area contributed by atoms with Gasteiger partial charge in [-0.3, -0.25) is 9.88 Å². The molecule has 4 heteroatoms. The lowest BCUT2D eigenvalue weighted by molar-refractivity contribution is 0.268. The summed E-state index contributed by atoms with van der Waals surface area (Å²) in [5.74, 6) is 0.419. The summed E-state index contributed by atoms with van der Waals surface area (Å²) in [6.07, 6.45) is 5.94. The number of benzene rings is 1. The molecule has 2 aromatic rings. The van der Waals surface area contributed by atoms with E-state index in [0.29, 0.717) is 18.0 Å². The van der Waals surface area contributed by atoms with Gasteiger partial charge in [-0.1, -0.05) is 18.2 Å². The second-order valence-corrected chi connectivity index (χ2v) is 6.90. The Labute approximate surface area is 143 Å². The first kappa shape index (κ1) is 17.1. The number of nitrogens with zero attached hydrogens (tertiary/aromatic N) is 2. The van der Waals surface area contributed by atoms with Crippen molar-refractivity contribution in [2.45, 2.75) is 31.8 Å². The Bertz CT molecular complexity index is 629. The van der Waals surface area contributed by atoms with Crippen LogP contribution in [0.3, 0.4) is 0 Å². The van der Waals surface area contributed by atoms with Crippen molar-refractivity contribution in [2.24, 2.45) is 5.92 Å². The average Bonchev–Trinajstić information content (AvgIpc) is 2.96. The van der Waals surface area contributed by atoms with E-state index in [2.05, 4.69) is 35.2 Å². The summed E-state index contributed by atoms with van der Waals surface area (Å²) in [5, 5.41) is 3.67. The SMILES string of the molecule is C[C@H](Cc1ccc(F)cc1)NC[C@@H]1CCN(C)[C@H]1c1cccnc1. The molecule has 1 fully saturated rings. The van der Waals surface area contributed by atoms with Gasteiger partial charge in [0.2, 0.25) is 0 Å². The standard InChI is InChI=1S/C20H26FN3/c1-15(12-16-5-7-19(21)8-6-16)23-14-18-9-11-24(2)20(18)17-4-3-10-22-13-17/h3-8,10,13,15,18,20,23H,9,11-12,14H2,1-2H3/t15-,18+,20+/m1/s1. The van der Waals surface area contributed by atoms with Crippen LogP contribution in [0.1, 0.15) is 30.5 Å². The van der Waals surface area contributed by atoms with Crippen molar-refractivity contribution in [3.8, 4) is 0 Å². The van der Waals surface area contributed by atoms with E-state index >= 15 is 0 Å². The van der Waals surface area contributed by atoms with Crippen LogP contribution in [-0.2, 0) is 6.42 Å². The van der Waals surface area contributed by atoms with Crippen molar-refractivity contribution >= 4 is 0 Å². The van der Waals surface area contributed by atoms with Gasteiger partial charge in [0.1, 0.15) is 5.82 Å². The Balaban J connectivity index is 1.56. The summed E-state index contributed by atoms with van der Waals surface area (Å²) < 4.78 is 13.0. The van der Waals surface area contributed by atoms with E-state index in [1.54, 1.807) is 0 Å². The molecule has 0 amide bonds. The van der Waals surface area contributed by atoms with E-state index in [9.17, 15) is 4.39 Å². The van der Waals surface area contributed by atoms with Crippen molar-refractivity contribution in [3.05, 3.63) is 65.7 Å². The predicted molar refractivity (Wildman–Crippen MR) is 95.3 cm³/mol. The van der Waals surface area contributed by atoms with Gasteiger partial charge in [0, 0.05) is 31.0 Å². The van der Waals surface area contributed by atoms with Gasteiger partial charge in [0.15, 0.2) is 0 Å². The molecule has 0 spiro atoms. The van der Waals surface area contributed by atoms with Gasteiger partial charge < -0.3 is 5.32 Å². The number of pyridine rings is 1. The first-order valence-corrected chi connectivity index (χ1v) is 8.71. The van der Waals surface area contributed by atoms with Gasteiger partial charge in [-0.05, 0) is 68.6 Å². The highest BCUT2D eigenvalue weighted by atomic mass is 19.1. The molecule has 0 saturated carbocycles. The predicted octanol–water partition coefficient (Wildman–Crippen LogP) is 3.43. The van der Waals surface area contributed by atoms with Crippen LogP contribution in [0.4, 0.5) is 4.39 Å². The number of likely N-dealkylation sites (tertiary alicyclic amines) is 1. The third-order valence-corrected chi connectivity index (χ3v) is 4.98. The van der Waals surface area contributed by atoms with E-state index < -0.39 is 0 Å². The molecular weight excluding hydrogens is 301 g/mol. The molecule has 3 atom stereocenters. The van der Waals surface area contributed by atoms with Crippen molar-refractivity contribution in [3.63, 3.8) is 0 Å². The zero-order chi connectivity index (χ0) is 16.9. The Morgan fingerprint density at radius 3 is 2.79 bits per heavy atom. The van der Waals surface area contributed by atoms with Gasteiger partial charge >= 0.3 is 0 Å². The Hall–Kier alpha value is -1.78. The lowest BCUT2D eigenvalue weighted by atomic mass is 9.94. The highest BCUT2D eigenvalue weighted by molar-refractivity contribution is 5.18. The topological polar surface area (TPSA) is 28.2 Å². The van der Waals surface area contributed by atoms with Crippen LogP contribution in [-0.4, -0.2) is 36.1 Å². The average molecular weight is 327 g/mol. The van der Waals surface area contributed by atoms with Crippen LogP contribution in [0.15, 0.2) is 48.8 Å². The molecule has 0 unspecified atom stereocenters. The fourth-order valence-corrected chi connectivity index (χ4v) is 3.72. The summed E-state index contributed by atoms with van der Waals surface area (Å²) in [6, 6.07) is 11.8. The third kappa shape index (κ3) is 4.19. The molecule has 3 nitrogen and oxygen atoms in total. The van der Waals surface area contributed by atoms with Gasteiger partial charge in [-0.25, -0.2) is 4.39 Å². The first-order valence-electron chi connectivity index (χ1n) is 8.71. The highest BCUT2D eigenvalue weighted by Gasteiger charge is 2.32. The van der Waals surface area contributed by atoms with Crippen molar-refractivity contribution < 1.29 is 4.39 Å². The minimum Gasteiger partial charge on any atom is -0.314 e. The Morgan fingerprint density at radius 2 is 2.08 bits per heavy atom. The molecule has 0 radical (unpaired) electrons. The minimum absolute atomic E-state index is 0.173. The van der Waals surface area contributed by atoms with E-state index in [4.69, 9.17) is 0 Å². The molecule has 2 heterocycles. The molecule has 24 heavy (non-hydrogen) atoms. The van der Waals surface area contributed by atoms with Crippen LogP contribution in [0.5, 0.6) is 0 Å². The smallest absolute Gasteiger partial charge is 0.123 e. The zero-order valence-corrected chi connectivity index (χ0v) is 14.5. The van der Waals surface area contributed by atoms with E-state index in [1.165, 1.54) is 29.7 Å². The molecule has 0 aliphatic carbocycles. The second-order valence-electron chi connectivity index (χ2n) is 6.90. The van der Waals surface area contributed by atoms with Crippen molar-refractivity contribution in [1.29, 1.82) is 0 Å². The maximum atomic E-state index is 13.0. The maximum absolute atomic E-state index is 13.0. The number of rotatable bonds is 6. The molecular formula is C20H26FN3. The fourth-order valence-electron chi connectivity index (χ4n) is 3.72. The molecule has 1 aromatic carbocycles. The van der Waals surface area contributed by atoms with Gasteiger partial charge in [0.05, 0.1) is 0 Å². The number of aromatic nitrogens is 1. The summed E-state index contributed by atoms with van der Waals surface area (Å²) in [5.41, 5.74) is 2.47. The molecule has 1 aromatic heterocycles.